The van der Waals surface area contributed by atoms with Crippen LogP contribution in [0.15, 0.2) is 102 Å². The van der Waals surface area contributed by atoms with Gasteiger partial charge in [0.05, 0.1) is 0 Å². The number of aryl methyl sites for hydroxylation is 1. The second kappa shape index (κ2) is 10.3. The van der Waals surface area contributed by atoms with Crippen molar-refractivity contribution in [2.75, 3.05) is 5.75 Å². The zero-order valence-corrected chi connectivity index (χ0v) is 19.5. The van der Waals surface area contributed by atoms with E-state index in [0.29, 0.717) is 0 Å². The molecule has 1 heterocycles. The first kappa shape index (κ1) is 21.9. The minimum atomic E-state index is 0.234. The number of nitrogens with one attached hydrogen (secondary N) is 1. The normalized spacial score (nSPS) is 12.5. The summed E-state index contributed by atoms with van der Waals surface area (Å²) in [5, 5.41) is 13.6. The van der Waals surface area contributed by atoms with Gasteiger partial charge >= 0.3 is 0 Å². The predicted molar refractivity (Wildman–Crippen MR) is 134 cm³/mol. The first-order valence-corrected chi connectivity index (χ1v) is 11.8. The zero-order valence-electron chi connectivity index (χ0n) is 18.7. The van der Waals surface area contributed by atoms with E-state index >= 15 is 0 Å². The SMILES string of the molecule is C/C=C(\CSc1nnc(-c2ccccc2)n1-c1ccc(C)cc1)NC(C)c1ccccc1. The van der Waals surface area contributed by atoms with E-state index in [1.54, 1.807) is 11.8 Å². The van der Waals surface area contributed by atoms with Crippen LogP contribution in [0.5, 0.6) is 0 Å². The minimum absolute atomic E-state index is 0.234. The van der Waals surface area contributed by atoms with E-state index in [1.807, 2.05) is 24.3 Å². The molecule has 4 aromatic rings. The molecule has 1 N–H and O–H groups in total. The van der Waals surface area contributed by atoms with E-state index in [4.69, 9.17) is 0 Å². The van der Waals surface area contributed by atoms with E-state index in [2.05, 4.69) is 108 Å². The van der Waals surface area contributed by atoms with Crippen molar-refractivity contribution in [1.82, 2.24) is 20.1 Å². The molecule has 1 aromatic heterocycles. The number of rotatable bonds is 8. The van der Waals surface area contributed by atoms with Crippen LogP contribution in [0.1, 0.15) is 31.0 Å². The highest BCUT2D eigenvalue weighted by atomic mass is 32.2. The quantitative estimate of drug-likeness (QED) is 0.314. The molecule has 0 saturated heterocycles. The van der Waals surface area contributed by atoms with E-state index in [0.717, 1.165) is 28.0 Å². The van der Waals surface area contributed by atoms with Crippen LogP contribution >= 0.6 is 11.8 Å². The molecule has 1 unspecified atom stereocenters. The molecule has 0 aliphatic heterocycles. The summed E-state index contributed by atoms with van der Waals surface area (Å²) in [5.74, 6) is 1.64. The maximum absolute atomic E-state index is 4.56. The van der Waals surface area contributed by atoms with E-state index in [-0.39, 0.29) is 6.04 Å². The van der Waals surface area contributed by atoms with Crippen LogP contribution in [-0.4, -0.2) is 20.5 Å². The Morgan fingerprint density at radius 2 is 1.59 bits per heavy atom. The summed E-state index contributed by atoms with van der Waals surface area (Å²) >= 11 is 1.69. The van der Waals surface area contributed by atoms with Gasteiger partial charge in [0, 0.05) is 28.7 Å². The summed E-state index contributed by atoms with van der Waals surface area (Å²) in [6.07, 6.45) is 2.14. The van der Waals surface area contributed by atoms with Crippen LogP contribution in [-0.2, 0) is 0 Å². The fourth-order valence-corrected chi connectivity index (χ4v) is 4.47. The third-order valence-electron chi connectivity index (χ3n) is 5.36. The lowest BCUT2D eigenvalue weighted by atomic mass is 10.1. The van der Waals surface area contributed by atoms with Crippen molar-refractivity contribution in [3.8, 4) is 17.1 Å². The highest BCUT2D eigenvalue weighted by molar-refractivity contribution is 7.99. The predicted octanol–water partition coefficient (Wildman–Crippen LogP) is 6.59. The molecular formula is C27H28N4S. The lowest BCUT2D eigenvalue weighted by molar-refractivity contribution is 0.654. The van der Waals surface area contributed by atoms with Crippen LogP contribution in [0.4, 0.5) is 0 Å². The number of thioether (sulfide) groups is 1. The molecule has 4 nitrogen and oxygen atoms in total. The lowest BCUT2D eigenvalue weighted by Crippen LogP contribution is -2.19. The summed E-state index contributed by atoms with van der Waals surface area (Å²) in [6, 6.07) is 29.5. The molecule has 0 bridgehead atoms. The van der Waals surface area contributed by atoms with Crippen molar-refractivity contribution < 1.29 is 0 Å². The van der Waals surface area contributed by atoms with Crippen molar-refractivity contribution in [1.29, 1.82) is 0 Å². The molecule has 0 saturated carbocycles. The minimum Gasteiger partial charge on any atom is -0.381 e. The van der Waals surface area contributed by atoms with Crippen LogP contribution in [0, 0.1) is 6.92 Å². The molecule has 32 heavy (non-hydrogen) atoms. The van der Waals surface area contributed by atoms with Gasteiger partial charge in [0.2, 0.25) is 0 Å². The van der Waals surface area contributed by atoms with Crippen molar-refractivity contribution in [2.45, 2.75) is 32.0 Å². The third-order valence-corrected chi connectivity index (χ3v) is 6.34. The standard InChI is InChI=1S/C27H28N4S/c1-4-24(28-21(3)22-11-7-5-8-12-22)19-32-27-30-29-26(23-13-9-6-10-14-23)31(27)25-17-15-20(2)16-18-25/h4-18,21,28H,19H2,1-3H3/b24-4+. The molecule has 5 heteroatoms. The summed E-state index contributed by atoms with van der Waals surface area (Å²) in [6.45, 7) is 6.36. The van der Waals surface area contributed by atoms with Gasteiger partial charge in [0.25, 0.3) is 0 Å². The maximum atomic E-state index is 4.56. The van der Waals surface area contributed by atoms with Gasteiger partial charge in [-0.05, 0) is 38.5 Å². The average Bonchev–Trinajstić information content (AvgIpc) is 3.27. The highest BCUT2D eigenvalue weighted by Gasteiger charge is 2.17. The molecule has 0 spiro atoms. The van der Waals surface area contributed by atoms with Gasteiger partial charge in [-0.3, -0.25) is 4.57 Å². The fourth-order valence-electron chi connectivity index (χ4n) is 3.52. The van der Waals surface area contributed by atoms with Gasteiger partial charge in [-0.2, -0.15) is 0 Å². The Hall–Kier alpha value is -3.31. The Bertz CT molecular complexity index is 1170. The zero-order chi connectivity index (χ0) is 22.3. The van der Waals surface area contributed by atoms with Gasteiger partial charge in [-0.25, -0.2) is 0 Å². The van der Waals surface area contributed by atoms with Crippen molar-refractivity contribution in [2.24, 2.45) is 0 Å². The number of aromatic nitrogens is 3. The smallest absolute Gasteiger partial charge is 0.196 e. The number of hydrogen-bond acceptors (Lipinski definition) is 4. The Morgan fingerprint density at radius 1 is 0.938 bits per heavy atom. The van der Waals surface area contributed by atoms with Crippen molar-refractivity contribution in [3.05, 3.63) is 108 Å². The number of hydrogen-bond donors (Lipinski definition) is 1. The Balaban J connectivity index is 1.58. The Morgan fingerprint density at radius 3 is 2.25 bits per heavy atom. The Kier molecular flexibility index (Phi) is 7.07. The monoisotopic (exact) mass is 440 g/mol. The molecule has 0 aliphatic carbocycles. The third kappa shape index (κ3) is 5.11. The summed E-state index contributed by atoms with van der Waals surface area (Å²) in [5.41, 5.74) is 5.79. The summed E-state index contributed by atoms with van der Waals surface area (Å²) in [4.78, 5) is 0. The molecule has 0 radical (unpaired) electrons. The van der Waals surface area contributed by atoms with Crippen molar-refractivity contribution in [3.63, 3.8) is 0 Å². The number of allylic oxidation sites excluding steroid dienone is 1. The summed E-state index contributed by atoms with van der Waals surface area (Å²) in [7, 11) is 0. The molecule has 162 valence electrons. The average molecular weight is 441 g/mol. The van der Waals surface area contributed by atoms with Gasteiger partial charge in [-0.15, -0.1) is 10.2 Å². The number of nitrogens with zero attached hydrogens (tertiary/aromatic N) is 3. The molecule has 0 amide bonds. The van der Waals surface area contributed by atoms with Crippen LogP contribution in [0.2, 0.25) is 0 Å². The van der Waals surface area contributed by atoms with E-state index in [9.17, 15) is 0 Å². The van der Waals surface area contributed by atoms with Gasteiger partial charge < -0.3 is 5.32 Å². The van der Waals surface area contributed by atoms with Gasteiger partial charge in [0.1, 0.15) is 0 Å². The largest absolute Gasteiger partial charge is 0.381 e. The molecule has 0 aliphatic rings. The van der Waals surface area contributed by atoms with E-state index < -0.39 is 0 Å². The second-order valence-electron chi connectivity index (χ2n) is 7.72. The molecule has 4 rings (SSSR count). The fraction of sp³-hybridized carbons (Fsp3) is 0.185. The maximum Gasteiger partial charge on any atom is 0.196 e. The lowest BCUT2D eigenvalue weighted by Gasteiger charge is -2.18. The number of benzene rings is 3. The van der Waals surface area contributed by atoms with Crippen molar-refractivity contribution >= 4 is 11.8 Å². The summed E-state index contributed by atoms with van der Waals surface area (Å²) < 4.78 is 2.15. The first-order chi connectivity index (χ1) is 15.7. The van der Waals surface area contributed by atoms with Crippen LogP contribution in [0.25, 0.3) is 17.1 Å². The Labute approximate surface area is 194 Å². The van der Waals surface area contributed by atoms with Crippen LogP contribution in [0.3, 0.4) is 0 Å². The van der Waals surface area contributed by atoms with Crippen LogP contribution < -0.4 is 5.32 Å². The highest BCUT2D eigenvalue weighted by Crippen LogP contribution is 2.29. The molecule has 3 aromatic carbocycles. The molecule has 1 atom stereocenters. The van der Waals surface area contributed by atoms with Gasteiger partial charge in [-0.1, -0.05) is 96.2 Å². The first-order valence-electron chi connectivity index (χ1n) is 10.8. The van der Waals surface area contributed by atoms with Gasteiger partial charge in [0.15, 0.2) is 11.0 Å². The molecule has 0 fully saturated rings. The topological polar surface area (TPSA) is 42.7 Å². The van der Waals surface area contributed by atoms with E-state index in [1.165, 1.54) is 16.8 Å². The molecular weight excluding hydrogens is 412 g/mol. The second-order valence-corrected chi connectivity index (χ2v) is 8.66.